The molecule has 1 aromatic heterocycles. The molecule has 1 unspecified atom stereocenters. The quantitative estimate of drug-likeness (QED) is 0.652. The number of aliphatic hydroxyl groups is 1. The molecule has 4 heteroatoms. The van der Waals surface area contributed by atoms with Crippen LogP contribution in [0.3, 0.4) is 0 Å². The Labute approximate surface area is 76.1 Å². The molecule has 1 aromatic rings. The van der Waals surface area contributed by atoms with Crippen molar-refractivity contribution in [2.45, 2.75) is 26.1 Å². The van der Waals surface area contributed by atoms with E-state index in [0.29, 0.717) is 11.4 Å². The molecule has 1 aliphatic heterocycles. The summed E-state index contributed by atoms with van der Waals surface area (Å²) in [5.74, 6) is 0.572. The van der Waals surface area contributed by atoms with E-state index in [1.807, 2.05) is 13.0 Å². The van der Waals surface area contributed by atoms with E-state index in [0.717, 1.165) is 12.0 Å². The molecule has 0 saturated heterocycles. The molecule has 13 heavy (non-hydrogen) atoms. The number of rotatable bonds is 1. The Bertz CT molecular complexity index is 314. The summed E-state index contributed by atoms with van der Waals surface area (Å²) in [7, 11) is 0. The Kier molecular flexibility index (Phi) is 2.16. The number of hydrogen-bond acceptors (Lipinski definition) is 4. The fourth-order valence-electron chi connectivity index (χ4n) is 1.39. The maximum atomic E-state index is 8.96. The lowest BCUT2D eigenvalue weighted by Gasteiger charge is -2.21. The largest absolute Gasteiger partial charge is 0.390 e. The van der Waals surface area contributed by atoms with Crippen LogP contribution in [0.4, 0.5) is 0 Å². The van der Waals surface area contributed by atoms with Crippen LogP contribution >= 0.6 is 0 Å². The van der Waals surface area contributed by atoms with E-state index in [9.17, 15) is 0 Å². The summed E-state index contributed by atoms with van der Waals surface area (Å²) >= 11 is 0. The maximum Gasteiger partial charge on any atom is 0.192 e. The second-order valence-corrected chi connectivity index (χ2v) is 3.10. The summed E-state index contributed by atoms with van der Waals surface area (Å²) in [6.07, 6.45) is 2.53. The minimum Gasteiger partial charge on any atom is -0.390 e. The summed E-state index contributed by atoms with van der Waals surface area (Å²) in [5.41, 5.74) is 1.57. The molecule has 0 fully saturated rings. The third-order valence-corrected chi connectivity index (χ3v) is 2.01. The minimum absolute atomic E-state index is 0.0569. The maximum absolute atomic E-state index is 8.96. The molecule has 4 nitrogen and oxygen atoms in total. The molecule has 0 aromatic carbocycles. The van der Waals surface area contributed by atoms with Crippen LogP contribution in [0.15, 0.2) is 12.3 Å². The van der Waals surface area contributed by atoms with E-state index in [4.69, 9.17) is 14.9 Å². The first-order valence-corrected chi connectivity index (χ1v) is 4.22. The van der Waals surface area contributed by atoms with Crippen LogP contribution in [0.25, 0.3) is 0 Å². The molecular formula is C9H11NO3. The van der Waals surface area contributed by atoms with Gasteiger partial charge in [0.25, 0.3) is 0 Å². The zero-order valence-corrected chi connectivity index (χ0v) is 7.36. The Hall–Kier alpha value is -1.13. The molecule has 1 atom stereocenters. The number of aliphatic hydroxyl groups excluding tert-OH is 1. The van der Waals surface area contributed by atoms with Crippen molar-refractivity contribution in [1.29, 1.82) is 0 Å². The standard InChI is InChI=1S/C9H11NO3/c1-6-4-7-2-3-10-8(5-11)9(7)13-12-6/h2-3,6,11H,4-5H2,1H3. The lowest BCUT2D eigenvalue weighted by atomic mass is 10.1. The lowest BCUT2D eigenvalue weighted by Crippen LogP contribution is -2.21. The lowest BCUT2D eigenvalue weighted by molar-refractivity contribution is -0.250. The van der Waals surface area contributed by atoms with Crippen molar-refractivity contribution in [2.24, 2.45) is 0 Å². The predicted octanol–water partition coefficient (Wildman–Crippen LogP) is 0.829. The van der Waals surface area contributed by atoms with Gasteiger partial charge in [-0.3, -0.25) is 4.98 Å². The van der Waals surface area contributed by atoms with Crippen molar-refractivity contribution < 1.29 is 14.9 Å². The van der Waals surface area contributed by atoms with Gasteiger partial charge >= 0.3 is 0 Å². The van der Waals surface area contributed by atoms with Gasteiger partial charge in [-0.1, -0.05) is 0 Å². The van der Waals surface area contributed by atoms with Crippen molar-refractivity contribution in [3.05, 3.63) is 23.5 Å². The van der Waals surface area contributed by atoms with E-state index >= 15 is 0 Å². The van der Waals surface area contributed by atoms with Crippen molar-refractivity contribution >= 4 is 0 Å². The molecule has 1 N–H and O–H groups in total. The predicted molar refractivity (Wildman–Crippen MR) is 45.0 cm³/mol. The minimum atomic E-state index is -0.124. The van der Waals surface area contributed by atoms with Crippen molar-refractivity contribution in [2.75, 3.05) is 0 Å². The van der Waals surface area contributed by atoms with Crippen LogP contribution in [0.2, 0.25) is 0 Å². The SMILES string of the molecule is CC1Cc2ccnc(CO)c2OO1. The Morgan fingerprint density at radius 3 is 3.31 bits per heavy atom. The zero-order chi connectivity index (χ0) is 9.26. The van der Waals surface area contributed by atoms with E-state index in [1.165, 1.54) is 0 Å². The van der Waals surface area contributed by atoms with Gasteiger partial charge in [0.1, 0.15) is 11.8 Å². The average Bonchev–Trinajstić information content (AvgIpc) is 2.16. The third kappa shape index (κ3) is 1.50. The van der Waals surface area contributed by atoms with Crippen molar-refractivity contribution in [3.63, 3.8) is 0 Å². The fraction of sp³-hybridized carbons (Fsp3) is 0.444. The van der Waals surface area contributed by atoms with Crippen molar-refractivity contribution in [1.82, 2.24) is 4.98 Å². The number of hydrogen-bond donors (Lipinski definition) is 1. The van der Waals surface area contributed by atoms with Gasteiger partial charge in [-0.05, 0) is 13.0 Å². The van der Waals surface area contributed by atoms with Crippen molar-refractivity contribution in [3.8, 4) is 5.75 Å². The first-order valence-electron chi connectivity index (χ1n) is 4.22. The highest BCUT2D eigenvalue weighted by atomic mass is 17.2. The molecule has 0 aliphatic carbocycles. The van der Waals surface area contributed by atoms with Gasteiger partial charge in [-0.25, -0.2) is 0 Å². The molecule has 0 saturated carbocycles. The van der Waals surface area contributed by atoms with E-state index in [1.54, 1.807) is 6.20 Å². The Balaban J connectivity index is 2.39. The molecular weight excluding hydrogens is 170 g/mol. The highest BCUT2D eigenvalue weighted by molar-refractivity contribution is 5.37. The molecule has 1 aliphatic rings. The van der Waals surface area contributed by atoms with Gasteiger partial charge in [0.2, 0.25) is 0 Å². The summed E-state index contributed by atoms with van der Waals surface area (Å²) in [4.78, 5) is 14.0. The molecule has 0 amide bonds. The molecule has 0 bridgehead atoms. The number of aromatic nitrogens is 1. The third-order valence-electron chi connectivity index (χ3n) is 2.01. The molecule has 0 spiro atoms. The molecule has 0 radical (unpaired) electrons. The van der Waals surface area contributed by atoms with Crippen LogP contribution in [0, 0.1) is 0 Å². The first-order chi connectivity index (χ1) is 6.31. The Morgan fingerprint density at radius 1 is 1.69 bits per heavy atom. The van der Waals surface area contributed by atoms with Gasteiger partial charge in [-0.15, -0.1) is 0 Å². The second-order valence-electron chi connectivity index (χ2n) is 3.10. The van der Waals surface area contributed by atoms with Crippen LogP contribution in [-0.2, 0) is 17.9 Å². The average molecular weight is 181 g/mol. The Morgan fingerprint density at radius 2 is 2.54 bits per heavy atom. The molecule has 2 rings (SSSR count). The monoisotopic (exact) mass is 181 g/mol. The van der Waals surface area contributed by atoms with Crippen LogP contribution in [0.1, 0.15) is 18.2 Å². The van der Waals surface area contributed by atoms with Gasteiger partial charge < -0.3 is 9.99 Å². The number of pyridine rings is 1. The molecule has 70 valence electrons. The summed E-state index contributed by atoms with van der Waals surface area (Å²) < 4.78 is 0. The highest BCUT2D eigenvalue weighted by Crippen LogP contribution is 2.28. The van der Waals surface area contributed by atoms with Gasteiger partial charge in [0.05, 0.1) is 6.61 Å². The highest BCUT2D eigenvalue weighted by Gasteiger charge is 2.20. The van der Waals surface area contributed by atoms with Gasteiger partial charge in [0.15, 0.2) is 5.75 Å². The molecule has 2 heterocycles. The second kappa shape index (κ2) is 3.32. The first kappa shape index (κ1) is 8.47. The topological polar surface area (TPSA) is 51.6 Å². The normalized spacial score (nSPS) is 20.6. The zero-order valence-electron chi connectivity index (χ0n) is 7.36. The fourth-order valence-corrected chi connectivity index (χ4v) is 1.39. The van der Waals surface area contributed by atoms with E-state index < -0.39 is 0 Å². The summed E-state index contributed by atoms with van der Waals surface area (Å²) in [5, 5.41) is 8.96. The van der Waals surface area contributed by atoms with Crippen LogP contribution in [0.5, 0.6) is 5.75 Å². The van der Waals surface area contributed by atoms with E-state index in [2.05, 4.69) is 4.98 Å². The smallest absolute Gasteiger partial charge is 0.192 e. The van der Waals surface area contributed by atoms with Crippen LogP contribution < -0.4 is 4.89 Å². The van der Waals surface area contributed by atoms with Gasteiger partial charge in [0, 0.05) is 18.2 Å². The number of nitrogens with zero attached hydrogens (tertiary/aromatic N) is 1. The van der Waals surface area contributed by atoms with Gasteiger partial charge in [-0.2, -0.15) is 4.89 Å². The summed E-state index contributed by atoms with van der Waals surface area (Å²) in [6.45, 7) is 1.81. The van der Waals surface area contributed by atoms with Crippen LogP contribution in [-0.4, -0.2) is 16.2 Å². The van der Waals surface area contributed by atoms with E-state index in [-0.39, 0.29) is 12.7 Å². The number of fused-ring (bicyclic) bond motifs is 1. The summed E-state index contributed by atoms with van der Waals surface area (Å²) in [6, 6.07) is 1.88.